The first-order valence-corrected chi connectivity index (χ1v) is 12.5. The van der Waals surface area contributed by atoms with Crippen molar-refractivity contribution in [3.63, 3.8) is 0 Å². The highest BCUT2D eigenvalue weighted by Gasteiger charge is 2.27. The minimum atomic E-state index is -0.959. The Morgan fingerprint density at radius 2 is 1.71 bits per heavy atom. The lowest BCUT2D eigenvalue weighted by Gasteiger charge is -2.38. The summed E-state index contributed by atoms with van der Waals surface area (Å²) in [4.78, 5) is 15.3. The zero-order chi connectivity index (χ0) is 25.2. The quantitative estimate of drug-likeness (QED) is 0.120. The molecule has 0 unspecified atom stereocenters. The molecule has 5 nitrogen and oxygen atoms in total. The minimum absolute atomic E-state index is 0.00191. The van der Waals surface area contributed by atoms with Gasteiger partial charge in [-0.3, -0.25) is 4.79 Å². The smallest absolute Gasteiger partial charge is 0.273 e. The SMILES string of the molecule is CC1(C)CCN(c2ccc(N(N)C(=O)c3cc(F)c(OCc4ccccc4)c(F)c3I)cc2)CC1. The average molecular weight is 591 g/mol. The number of hydrogen-bond donors (Lipinski definition) is 1. The lowest BCUT2D eigenvalue weighted by molar-refractivity contribution is 0.0984. The number of piperidine rings is 1. The Bertz CT molecular complexity index is 1190. The Morgan fingerprint density at radius 1 is 1.09 bits per heavy atom. The highest BCUT2D eigenvalue weighted by Crippen LogP contribution is 2.33. The molecule has 0 radical (unpaired) electrons. The van der Waals surface area contributed by atoms with Gasteiger partial charge in [-0.15, -0.1) is 0 Å². The van der Waals surface area contributed by atoms with Crippen LogP contribution in [0.15, 0.2) is 60.7 Å². The molecule has 0 saturated carbocycles. The molecule has 0 atom stereocenters. The van der Waals surface area contributed by atoms with Gasteiger partial charge in [0.15, 0.2) is 17.4 Å². The van der Waals surface area contributed by atoms with Crippen LogP contribution in [0.25, 0.3) is 0 Å². The summed E-state index contributed by atoms with van der Waals surface area (Å²) in [5.74, 6) is 2.94. The van der Waals surface area contributed by atoms with Crippen molar-refractivity contribution in [2.45, 2.75) is 33.3 Å². The number of halogens is 3. The van der Waals surface area contributed by atoms with Gasteiger partial charge in [0, 0.05) is 18.8 Å². The number of amides is 1. The largest absolute Gasteiger partial charge is 0.483 e. The second kappa shape index (κ2) is 10.5. The van der Waals surface area contributed by atoms with Crippen LogP contribution in [0, 0.1) is 20.6 Å². The van der Waals surface area contributed by atoms with E-state index < -0.39 is 23.3 Å². The number of nitrogens with zero attached hydrogens (tertiary/aromatic N) is 2. The third-order valence-corrected chi connectivity index (χ3v) is 7.46. The van der Waals surface area contributed by atoms with E-state index in [0.29, 0.717) is 11.1 Å². The van der Waals surface area contributed by atoms with E-state index in [1.165, 1.54) is 0 Å². The zero-order valence-corrected chi connectivity index (χ0v) is 21.9. The van der Waals surface area contributed by atoms with Gasteiger partial charge in [0.1, 0.15) is 6.61 Å². The molecule has 0 aromatic heterocycles. The molecule has 1 saturated heterocycles. The third kappa shape index (κ3) is 5.75. The molecule has 0 bridgehead atoms. The van der Waals surface area contributed by atoms with Gasteiger partial charge in [0.25, 0.3) is 5.91 Å². The Morgan fingerprint density at radius 3 is 2.34 bits per heavy atom. The number of hydrazine groups is 1. The molecule has 184 valence electrons. The first-order valence-electron chi connectivity index (χ1n) is 11.4. The predicted octanol–water partition coefficient (Wildman–Crippen LogP) is 6.30. The number of hydrogen-bond acceptors (Lipinski definition) is 4. The van der Waals surface area contributed by atoms with Gasteiger partial charge in [0.05, 0.1) is 14.8 Å². The van der Waals surface area contributed by atoms with Crippen LogP contribution < -0.4 is 20.5 Å². The van der Waals surface area contributed by atoms with E-state index in [9.17, 15) is 13.6 Å². The van der Waals surface area contributed by atoms with E-state index in [1.54, 1.807) is 46.9 Å². The van der Waals surface area contributed by atoms with Crippen LogP contribution in [0.5, 0.6) is 5.75 Å². The fourth-order valence-corrected chi connectivity index (χ4v) is 4.67. The molecule has 2 N–H and O–H groups in total. The molecule has 1 aliphatic heterocycles. The molecule has 1 amide bonds. The van der Waals surface area contributed by atoms with Crippen LogP contribution in [0.3, 0.4) is 0 Å². The maximum Gasteiger partial charge on any atom is 0.273 e. The highest BCUT2D eigenvalue weighted by molar-refractivity contribution is 14.1. The number of carbonyl (C=O) groups excluding carboxylic acids is 1. The number of carbonyl (C=O) groups is 1. The van der Waals surface area contributed by atoms with Crippen molar-refractivity contribution in [2.75, 3.05) is 23.0 Å². The zero-order valence-electron chi connectivity index (χ0n) is 19.7. The molecule has 8 heteroatoms. The van der Waals surface area contributed by atoms with Crippen LogP contribution in [0.2, 0.25) is 0 Å². The first kappa shape index (κ1) is 25.4. The number of nitrogens with two attached hydrogens (primary N) is 1. The maximum atomic E-state index is 15.0. The fraction of sp³-hybridized carbons (Fsp3) is 0.296. The molecule has 0 spiro atoms. The number of benzene rings is 3. The van der Waals surface area contributed by atoms with Crippen LogP contribution >= 0.6 is 22.6 Å². The summed E-state index contributed by atoms with van der Waals surface area (Å²) < 4.78 is 35.1. The fourth-order valence-electron chi connectivity index (χ4n) is 4.04. The monoisotopic (exact) mass is 591 g/mol. The van der Waals surface area contributed by atoms with Gasteiger partial charge < -0.3 is 9.64 Å². The average Bonchev–Trinajstić information content (AvgIpc) is 2.86. The van der Waals surface area contributed by atoms with Gasteiger partial charge in [-0.2, -0.15) is 0 Å². The van der Waals surface area contributed by atoms with Crippen molar-refractivity contribution in [3.05, 3.63) is 87.0 Å². The molecule has 0 aliphatic carbocycles. The van der Waals surface area contributed by atoms with E-state index >= 15 is 0 Å². The van der Waals surface area contributed by atoms with Crippen LogP contribution in [-0.2, 0) is 6.61 Å². The molecule has 4 rings (SSSR count). The second-order valence-electron chi connectivity index (χ2n) is 9.48. The van der Waals surface area contributed by atoms with Gasteiger partial charge in [0.2, 0.25) is 0 Å². The van der Waals surface area contributed by atoms with Gasteiger partial charge in [-0.25, -0.2) is 19.6 Å². The van der Waals surface area contributed by atoms with Gasteiger partial charge >= 0.3 is 0 Å². The van der Waals surface area contributed by atoms with Crippen molar-refractivity contribution in [1.29, 1.82) is 0 Å². The molecule has 1 aliphatic rings. The van der Waals surface area contributed by atoms with Crippen molar-refractivity contribution in [1.82, 2.24) is 0 Å². The Hall–Kier alpha value is -2.72. The summed E-state index contributed by atoms with van der Waals surface area (Å²) in [7, 11) is 0. The van der Waals surface area contributed by atoms with E-state index in [-0.39, 0.29) is 15.7 Å². The Kier molecular flexibility index (Phi) is 7.61. The molecular formula is C27H28F2IN3O2. The summed E-state index contributed by atoms with van der Waals surface area (Å²) in [5, 5.41) is 0.907. The summed E-state index contributed by atoms with van der Waals surface area (Å²) in [6.07, 6.45) is 2.22. The lowest BCUT2D eigenvalue weighted by Crippen LogP contribution is -2.38. The summed E-state index contributed by atoms with van der Waals surface area (Å²) >= 11 is 1.68. The molecular weight excluding hydrogens is 563 g/mol. The standard InChI is InChI=1S/C27H28F2IN3O2/c1-27(2)12-14-32(15-13-27)19-8-10-20(11-9-19)33(31)26(34)21-16-22(28)25(23(29)24(21)30)35-17-18-6-4-3-5-7-18/h3-11,16H,12-15,17,31H2,1-2H3. The summed E-state index contributed by atoms with van der Waals surface area (Å²) in [6, 6.07) is 17.3. The van der Waals surface area contributed by atoms with Crippen molar-refractivity contribution < 1.29 is 18.3 Å². The number of ether oxygens (including phenoxy) is 1. The van der Waals surface area contributed by atoms with E-state index in [1.807, 2.05) is 30.3 Å². The normalized spacial score (nSPS) is 15.1. The van der Waals surface area contributed by atoms with Crippen LogP contribution in [0.4, 0.5) is 20.2 Å². The maximum absolute atomic E-state index is 15.0. The molecule has 3 aromatic carbocycles. The van der Waals surface area contributed by atoms with Crippen molar-refractivity contribution in [3.8, 4) is 5.75 Å². The predicted molar refractivity (Wildman–Crippen MR) is 143 cm³/mol. The first-order chi connectivity index (χ1) is 16.7. The topological polar surface area (TPSA) is 58.8 Å². The van der Waals surface area contributed by atoms with E-state index in [2.05, 4.69) is 18.7 Å². The van der Waals surface area contributed by atoms with Crippen LogP contribution in [0.1, 0.15) is 42.6 Å². The van der Waals surface area contributed by atoms with Crippen molar-refractivity contribution >= 4 is 39.9 Å². The highest BCUT2D eigenvalue weighted by atomic mass is 127. The number of anilines is 2. The lowest BCUT2D eigenvalue weighted by atomic mass is 9.82. The van der Waals surface area contributed by atoms with Gasteiger partial charge in [-0.05, 0) is 76.7 Å². The summed E-state index contributed by atoms with van der Waals surface area (Å²) in [6.45, 7) is 6.49. The van der Waals surface area contributed by atoms with Crippen LogP contribution in [-0.4, -0.2) is 19.0 Å². The Labute approximate surface area is 218 Å². The Balaban J connectivity index is 1.48. The third-order valence-electron chi connectivity index (χ3n) is 6.40. The van der Waals surface area contributed by atoms with E-state index in [4.69, 9.17) is 10.6 Å². The van der Waals surface area contributed by atoms with Gasteiger partial charge in [-0.1, -0.05) is 44.2 Å². The molecule has 1 fully saturated rings. The molecule has 35 heavy (non-hydrogen) atoms. The van der Waals surface area contributed by atoms with Crippen molar-refractivity contribution in [2.24, 2.45) is 11.3 Å². The molecule has 3 aromatic rings. The second-order valence-corrected chi connectivity index (χ2v) is 10.6. The number of rotatable bonds is 6. The molecule has 1 heterocycles. The summed E-state index contributed by atoms with van der Waals surface area (Å²) in [5.41, 5.74) is 2.43. The minimum Gasteiger partial charge on any atom is -0.483 e. The van der Waals surface area contributed by atoms with E-state index in [0.717, 1.165) is 48.3 Å².